The smallest absolute Gasteiger partial charge is 0.191 e. The standard InChI is InChI=1S/C21H33N7O2/c1-17-25-26-20(27(17)2)16-24-21(22-9-6-10-28-11-13-30-14-12-28)23-15-18-7-4-5-8-19(18)29-3/h4-5,7-8H,6,9-16H2,1-3H3,(H2,22,23,24). The zero-order chi connectivity index (χ0) is 21.2. The van der Waals surface area contributed by atoms with Crippen LogP contribution >= 0.6 is 0 Å². The number of nitrogens with one attached hydrogen (secondary N) is 2. The molecule has 0 bridgehead atoms. The molecule has 1 aliphatic heterocycles. The van der Waals surface area contributed by atoms with E-state index < -0.39 is 0 Å². The number of nitrogens with zero attached hydrogens (tertiary/aromatic N) is 5. The zero-order valence-corrected chi connectivity index (χ0v) is 18.2. The highest BCUT2D eigenvalue weighted by atomic mass is 16.5. The van der Waals surface area contributed by atoms with Crippen LogP contribution in [0.1, 0.15) is 23.6 Å². The van der Waals surface area contributed by atoms with Gasteiger partial charge in [0.2, 0.25) is 0 Å². The molecule has 164 valence electrons. The van der Waals surface area contributed by atoms with Crippen molar-refractivity contribution in [2.24, 2.45) is 12.0 Å². The van der Waals surface area contributed by atoms with E-state index in [9.17, 15) is 0 Å². The van der Waals surface area contributed by atoms with E-state index in [0.717, 1.165) is 74.7 Å². The van der Waals surface area contributed by atoms with Gasteiger partial charge in [0.15, 0.2) is 11.8 Å². The Labute approximate surface area is 178 Å². The summed E-state index contributed by atoms with van der Waals surface area (Å²) in [6.07, 6.45) is 1.04. The second-order valence-electron chi connectivity index (χ2n) is 7.29. The van der Waals surface area contributed by atoms with Gasteiger partial charge in [0.1, 0.15) is 11.6 Å². The van der Waals surface area contributed by atoms with Gasteiger partial charge in [-0.1, -0.05) is 18.2 Å². The van der Waals surface area contributed by atoms with Gasteiger partial charge in [0.05, 0.1) is 33.4 Å². The summed E-state index contributed by atoms with van der Waals surface area (Å²) in [5.41, 5.74) is 1.05. The second kappa shape index (κ2) is 11.5. The number of aromatic nitrogens is 3. The number of hydrogen-bond donors (Lipinski definition) is 2. The van der Waals surface area contributed by atoms with Gasteiger partial charge in [-0.05, 0) is 26.0 Å². The van der Waals surface area contributed by atoms with Gasteiger partial charge in [-0.2, -0.15) is 0 Å². The van der Waals surface area contributed by atoms with Crippen molar-refractivity contribution in [1.29, 1.82) is 0 Å². The summed E-state index contributed by atoms with van der Waals surface area (Å²) in [7, 11) is 3.65. The molecule has 0 unspecified atom stereocenters. The molecule has 1 aliphatic rings. The van der Waals surface area contributed by atoms with Crippen LogP contribution in [-0.2, 0) is 24.9 Å². The highest BCUT2D eigenvalue weighted by Crippen LogP contribution is 2.17. The maximum Gasteiger partial charge on any atom is 0.191 e. The lowest BCUT2D eigenvalue weighted by atomic mass is 10.2. The third-order valence-electron chi connectivity index (χ3n) is 5.24. The first-order valence-corrected chi connectivity index (χ1v) is 10.5. The first kappa shape index (κ1) is 22.0. The quantitative estimate of drug-likeness (QED) is 0.360. The molecule has 0 atom stereocenters. The molecule has 1 aromatic heterocycles. The fourth-order valence-electron chi connectivity index (χ4n) is 3.27. The Morgan fingerprint density at radius 3 is 2.73 bits per heavy atom. The fraction of sp³-hybridized carbons (Fsp3) is 0.571. The lowest BCUT2D eigenvalue weighted by Gasteiger charge is -2.26. The van der Waals surface area contributed by atoms with E-state index in [1.165, 1.54) is 0 Å². The van der Waals surface area contributed by atoms with Crippen molar-refractivity contribution in [3.8, 4) is 5.75 Å². The van der Waals surface area contributed by atoms with Gasteiger partial charge >= 0.3 is 0 Å². The van der Waals surface area contributed by atoms with Gasteiger partial charge in [-0.25, -0.2) is 4.99 Å². The maximum atomic E-state index is 5.44. The lowest BCUT2D eigenvalue weighted by Crippen LogP contribution is -2.40. The summed E-state index contributed by atoms with van der Waals surface area (Å²) in [4.78, 5) is 7.20. The largest absolute Gasteiger partial charge is 0.496 e. The molecular formula is C21H33N7O2. The van der Waals surface area contributed by atoms with E-state index in [4.69, 9.17) is 14.5 Å². The van der Waals surface area contributed by atoms with Crippen LogP contribution in [0.4, 0.5) is 0 Å². The molecule has 30 heavy (non-hydrogen) atoms. The lowest BCUT2D eigenvalue weighted by molar-refractivity contribution is 0.0376. The van der Waals surface area contributed by atoms with Crippen molar-refractivity contribution in [3.05, 3.63) is 41.5 Å². The van der Waals surface area contributed by atoms with Crippen molar-refractivity contribution in [3.63, 3.8) is 0 Å². The molecule has 9 nitrogen and oxygen atoms in total. The van der Waals surface area contributed by atoms with Crippen molar-refractivity contribution >= 4 is 5.96 Å². The summed E-state index contributed by atoms with van der Waals surface area (Å²) in [6, 6.07) is 7.95. The third kappa shape index (κ3) is 6.43. The molecule has 0 spiro atoms. The van der Waals surface area contributed by atoms with Gasteiger partial charge in [-0.15, -0.1) is 10.2 Å². The molecule has 2 N–H and O–H groups in total. The average molecular weight is 416 g/mol. The molecule has 2 aromatic rings. The molecule has 0 amide bonds. The van der Waals surface area contributed by atoms with E-state index in [-0.39, 0.29) is 0 Å². The molecule has 0 aliphatic carbocycles. The molecule has 3 rings (SSSR count). The number of hydrogen-bond acceptors (Lipinski definition) is 6. The summed E-state index contributed by atoms with van der Waals surface area (Å²) in [5.74, 6) is 3.35. The second-order valence-corrected chi connectivity index (χ2v) is 7.29. The zero-order valence-electron chi connectivity index (χ0n) is 18.2. The Bertz CT molecular complexity index is 815. The molecule has 1 fully saturated rings. The van der Waals surface area contributed by atoms with E-state index in [1.54, 1.807) is 7.11 Å². The Hall–Kier alpha value is -2.65. The number of guanidine groups is 1. The highest BCUT2D eigenvalue weighted by molar-refractivity contribution is 5.79. The van der Waals surface area contributed by atoms with Crippen molar-refractivity contribution in [2.45, 2.75) is 26.4 Å². The van der Waals surface area contributed by atoms with Crippen LogP contribution in [-0.4, -0.2) is 72.1 Å². The molecular weight excluding hydrogens is 382 g/mol. The van der Waals surface area contributed by atoms with Crippen molar-refractivity contribution in [2.75, 3.05) is 46.5 Å². The van der Waals surface area contributed by atoms with E-state index in [0.29, 0.717) is 13.1 Å². The first-order chi connectivity index (χ1) is 14.7. The Morgan fingerprint density at radius 1 is 1.20 bits per heavy atom. The number of aliphatic imine (C=N–C) groups is 1. The fourth-order valence-corrected chi connectivity index (χ4v) is 3.27. The minimum atomic E-state index is 0.528. The van der Waals surface area contributed by atoms with Crippen LogP contribution in [0.5, 0.6) is 5.75 Å². The Balaban J connectivity index is 1.57. The summed E-state index contributed by atoms with van der Waals surface area (Å²) >= 11 is 0. The monoisotopic (exact) mass is 415 g/mol. The topological polar surface area (TPSA) is 88.8 Å². The SMILES string of the molecule is COc1ccccc1CN=C(NCCCN1CCOCC1)NCc1nnc(C)n1C. The number of aryl methyl sites for hydroxylation is 1. The summed E-state index contributed by atoms with van der Waals surface area (Å²) < 4.78 is 12.8. The van der Waals surface area contributed by atoms with Gasteiger partial charge in [0, 0.05) is 32.2 Å². The molecule has 1 saturated heterocycles. The molecule has 0 radical (unpaired) electrons. The Morgan fingerprint density at radius 2 is 2.00 bits per heavy atom. The first-order valence-electron chi connectivity index (χ1n) is 10.5. The van der Waals surface area contributed by atoms with Crippen LogP contribution in [0.3, 0.4) is 0 Å². The number of morpholine rings is 1. The van der Waals surface area contributed by atoms with Gasteiger partial charge in [-0.3, -0.25) is 4.90 Å². The predicted molar refractivity (Wildman–Crippen MR) is 117 cm³/mol. The molecule has 9 heteroatoms. The van der Waals surface area contributed by atoms with E-state index in [2.05, 4.69) is 25.7 Å². The van der Waals surface area contributed by atoms with Crippen LogP contribution in [0, 0.1) is 6.92 Å². The molecule has 2 heterocycles. The van der Waals surface area contributed by atoms with Gasteiger partial charge < -0.3 is 24.7 Å². The van der Waals surface area contributed by atoms with E-state index in [1.807, 2.05) is 42.8 Å². The van der Waals surface area contributed by atoms with Crippen molar-refractivity contribution in [1.82, 2.24) is 30.3 Å². The van der Waals surface area contributed by atoms with Crippen LogP contribution < -0.4 is 15.4 Å². The number of ether oxygens (including phenoxy) is 2. The van der Waals surface area contributed by atoms with Crippen LogP contribution in [0.15, 0.2) is 29.3 Å². The number of methoxy groups -OCH3 is 1. The summed E-state index contributed by atoms with van der Waals surface area (Å²) in [5, 5.41) is 15.2. The molecule has 0 saturated carbocycles. The van der Waals surface area contributed by atoms with E-state index >= 15 is 0 Å². The highest BCUT2D eigenvalue weighted by Gasteiger charge is 2.10. The summed E-state index contributed by atoms with van der Waals surface area (Å²) in [6.45, 7) is 8.61. The average Bonchev–Trinajstić information content (AvgIpc) is 3.11. The van der Waals surface area contributed by atoms with Crippen LogP contribution in [0.2, 0.25) is 0 Å². The van der Waals surface area contributed by atoms with Crippen molar-refractivity contribution < 1.29 is 9.47 Å². The maximum absolute atomic E-state index is 5.44. The Kier molecular flexibility index (Phi) is 8.46. The van der Waals surface area contributed by atoms with Crippen LogP contribution in [0.25, 0.3) is 0 Å². The van der Waals surface area contributed by atoms with Gasteiger partial charge in [0.25, 0.3) is 0 Å². The number of para-hydroxylation sites is 1. The molecule has 1 aromatic carbocycles. The minimum Gasteiger partial charge on any atom is -0.496 e. The predicted octanol–water partition coefficient (Wildman–Crippen LogP) is 1.09. The number of benzene rings is 1. The third-order valence-corrected chi connectivity index (χ3v) is 5.24. The minimum absolute atomic E-state index is 0.528. The normalized spacial score (nSPS) is 15.2. The number of rotatable bonds is 9.